The summed E-state index contributed by atoms with van der Waals surface area (Å²) in [4.78, 5) is 2.37. The summed E-state index contributed by atoms with van der Waals surface area (Å²) in [5.41, 5.74) is 1.57. The number of benzene rings is 2. The van der Waals surface area contributed by atoms with E-state index < -0.39 is 10.0 Å². The molecule has 3 aromatic rings. The monoisotopic (exact) mass is 371 g/mol. The highest BCUT2D eigenvalue weighted by atomic mass is 32.2. The molecule has 4 rings (SSSR count). The Hall–Kier alpha value is -2.54. The molecule has 1 fully saturated rings. The highest BCUT2D eigenvalue weighted by molar-refractivity contribution is 7.90. The standard InChI is InChI=1S/C19H21N3O3S/c1-14-5-8-16(9-6-14)26(23,24)22-18-10-7-15(25-2)13-17(18)19(20-22)21-11-3-4-12-21/h5-10,13H,3-4,11-12H2,1-2H3. The van der Waals surface area contributed by atoms with Crippen LogP contribution in [0.2, 0.25) is 0 Å². The number of aryl methyl sites for hydroxylation is 1. The summed E-state index contributed by atoms with van der Waals surface area (Å²) in [6.07, 6.45) is 2.17. The minimum Gasteiger partial charge on any atom is -0.497 e. The molecular weight excluding hydrogens is 350 g/mol. The van der Waals surface area contributed by atoms with Gasteiger partial charge in [-0.25, -0.2) is 0 Å². The van der Waals surface area contributed by atoms with Gasteiger partial charge in [-0.3, -0.25) is 0 Å². The molecule has 1 aliphatic heterocycles. The number of ether oxygens (including phenoxy) is 1. The van der Waals surface area contributed by atoms with Gasteiger partial charge in [-0.15, -0.1) is 5.10 Å². The first-order valence-corrected chi connectivity index (χ1v) is 10.1. The van der Waals surface area contributed by atoms with Crippen LogP contribution in [0, 0.1) is 6.92 Å². The predicted molar refractivity (Wildman–Crippen MR) is 101 cm³/mol. The van der Waals surface area contributed by atoms with Gasteiger partial charge in [0.15, 0.2) is 5.82 Å². The van der Waals surface area contributed by atoms with Crippen LogP contribution in [0.5, 0.6) is 5.75 Å². The molecule has 136 valence electrons. The SMILES string of the molecule is COc1ccc2c(c1)c(N1CCCC1)nn2S(=O)(=O)c1ccc(C)cc1. The third-order valence-corrected chi connectivity index (χ3v) is 6.39. The maximum absolute atomic E-state index is 13.2. The van der Waals surface area contributed by atoms with Crippen molar-refractivity contribution in [3.05, 3.63) is 48.0 Å². The molecule has 0 spiro atoms. The van der Waals surface area contributed by atoms with Crippen molar-refractivity contribution in [1.29, 1.82) is 0 Å². The third-order valence-electron chi connectivity index (χ3n) is 4.79. The van der Waals surface area contributed by atoms with E-state index in [4.69, 9.17) is 4.74 Å². The summed E-state index contributed by atoms with van der Waals surface area (Å²) in [7, 11) is -2.17. The van der Waals surface area contributed by atoms with Crippen LogP contribution in [-0.4, -0.2) is 37.8 Å². The molecule has 1 aliphatic rings. The van der Waals surface area contributed by atoms with Crippen LogP contribution in [0.3, 0.4) is 0 Å². The van der Waals surface area contributed by atoms with Gasteiger partial charge >= 0.3 is 0 Å². The highest BCUT2D eigenvalue weighted by Gasteiger charge is 2.26. The van der Waals surface area contributed by atoms with E-state index in [1.165, 1.54) is 0 Å². The molecule has 0 unspecified atom stereocenters. The Bertz CT molecular complexity index is 1050. The van der Waals surface area contributed by atoms with Crippen molar-refractivity contribution in [3.63, 3.8) is 0 Å². The Kier molecular flexibility index (Phi) is 4.11. The van der Waals surface area contributed by atoms with Gasteiger partial charge in [0, 0.05) is 18.5 Å². The number of rotatable bonds is 4. The lowest BCUT2D eigenvalue weighted by Crippen LogP contribution is -2.20. The van der Waals surface area contributed by atoms with Crippen LogP contribution in [0.1, 0.15) is 18.4 Å². The van der Waals surface area contributed by atoms with E-state index in [1.807, 2.05) is 13.0 Å². The van der Waals surface area contributed by atoms with E-state index >= 15 is 0 Å². The average molecular weight is 371 g/mol. The van der Waals surface area contributed by atoms with Gasteiger partial charge in [0.05, 0.1) is 17.5 Å². The quantitative estimate of drug-likeness (QED) is 0.705. The molecule has 0 aliphatic carbocycles. The molecule has 7 heteroatoms. The van der Waals surface area contributed by atoms with Crippen LogP contribution < -0.4 is 9.64 Å². The molecule has 0 radical (unpaired) electrons. The van der Waals surface area contributed by atoms with Crippen LogP contribution in [0.15, 0.2) is 47.4 Å². The minimum absolute atomic E-state index is 0.233. The fourth-order valence-corrected chi connectivity index (χ4v) is 4.62. The molecule has 2 aromatic carbocycles. The van der Waals surface area contributed by atoms with Crippen molar-refractivity contribution >= 4 is 26.7 Å². The summed E-state index contributed by atoms with van der Waals surface area (Å²) < 4.78 is 32.9. The Balaban J connectivity index is 1.93. The number of fused-ring (bicyclic) bond motifs is 1. The smallest absolute Gasteiger partial charge is 0.283 e. The van der Waals surface area contributed by atoms with E-state index in [2.05, 4.69) is 10.00 Å². The normalized spacial score (nSPS) is 14.9. The fraction of sp³-hybridized carbons (Fsp3) is 0.316. The zero-order valence-corrected chi connectivity index (χ0v) is 15.7. The first kappa shape index (κ1) is 16.9. The van der Waals surface area contributed by atoms with Gasteiger partial charge in [0.25, 0.3) is 10.0 Å². The largest absolute Gasteiger partial charge is 0.497 e. The number of aromatic nitrogens is 2. The number of nitrogens with zero attached hydrogens (tertiary/aromatic N) is 3. The van der Waals surface area contributed by atoms with Crippen molar-refractivity contribution in [1.82, 2.24) is 9.19 Å². The highest BCUT2D eigenvalue weighted by Crippen LogP contribution is 2.33. The van der Waals surface area contributed by atoms with Crippen molar-refractivity contribution in [2.24, 2.45) is 0 Å². The topological polar surface area (TPSA) is 64.4 Å². The van der Waals surface area contributed by atoms with Crippen molar-refractivity contribution in [3.8, 4) is 5.75 Å². The summed E-state index contributed by atoms with van der Waals surface area (Å²) in [5.74, 6) is 1.39. The molecule has 0 atom stereocenters. The molecule has 2 heterocycles. The van der Waals surface area contributed by atoms with E-state index in [9.17, 15) is 8.42 Å². The number of hydrogen-bond donors (Lipinski definition) is 0. The van der Waals surface area contributed by atoms with Crippen molar-refractivity contribution in [2.45, 2.75) is 24.7 Å². The minimum atomic E-state index is -3.77. The van der Waals surface area contributed by atoms with Gasteiger partial charge in [0.2, 0.25) is 0 Å². The van der Waals surface area contributed by atoms with Gasteiger partial charge in [-0.1, -0.05) is 17.7 Å². The number of hydrogen-bond acceptors (Lipinski definition) is 5. The second-order valence-corrected chi connectivity index (χ2v) is 8.33. The molecule has 0 amide bonds. The predicted octanol–water partition coefficient (Wildman–Crippen LogP) is 3.19. The number of anilines is 1. The van der Waals surface area contributed by atoms with E-state index in [1.54, 1.807) is 43.5 Å². The lowest BCUT2D eigenvalue weighted by atomic mass is 10.2. The van der Waals surface area contributed by atoms with Crippen molar-refractivity contribution < 1.29 is 13.2 Å². The summed E-state index contributed by atoms with van der Waals surface area (Å²) in [6.45, 7) is 3.69. The summed E-state index contributed by atoms with van der Waals surface area (Å²) in [5, 5.41) is 5.31. The molecule has 0 N–H and O–H groups in total. The lowest BCUT2D eigenvalue weighted by molar-refractivity contribution is 0.415. The van der Waals surface area contributed by atoms with E-state index in [-0.39, 0.29) is 4.90 Å². The molecular formula is C19H21N3O3S. The zero-order chi connectivity index (χ0) is 18.3. The van der Waals surface area contributed by atoms with Crippen LogP contribution in [0.25, 0.3) is 10.9 Å². The van der Waals surface area contributed by atoms with E-state index in [0.717, 1.165) is 41.0 Å². The van der Waals surface area contributed by atoms with Crippen molar-refractivity contribution in [2.75, 3.05) is 25.1 Å². The molecule has 1 saturated heterocycles. The molecule has 26 heavy (non-hydrogen) atoms. The van der Waals surface area contributed by atoms with Gasteiger partial charge in [-0.2, -0.15) is 12.5 Å². The molecule has 0 bridgehead atoms. The Morgan fingerprint density at radius 3 is 2.38 bits per heavy atom. The van der Waals surface area contributed by atoms with Gasteiger partial charge in [-0.05, 0) is 50.1 Å². The van der Waals surface area contributed by atoms with Gasteiger partial charge in [0.1, 0.15) is 5.75 Å². The average Bonchev–Trinajstić information content (AvgIpc) is 3.29. The maximum atomic E-state index is 13.2. The summed E-state index contributed by atoms with van der Waals surface area (Å²) >= 11 is 0. The summed E-state index contributed by atoms with van der Waals surface area (Å²) in [6, 6.07) is 12.2. The zero-order valence-electron chi connectivity index (χ0n) is 14.8. The second kappa shape index (κ2) is 6.32. The van der Waals surface area contributed by atoms with Gasteiger partial charge < -0.3 is 9.64 Å². The van der Waals surface area contributed by atoms with Crippen LogP contribution >= 0.6 is 0 Å². The molecule has 0 saturated carbocycles. The Morgan fingerprint density at radius 1 is 1.04 bits per heavy atom. The second-order valence-electron chi connectivity index (χ2n) is 6.56. The van der Waals surface area contributed by atoms with Crippen LogP contribution in [0.4, 0.5) is 5.82 Å². The lowest BCUT2D eigenvalue weighted by Gasteiger charge is -2.14. The Morgan fingerprint density at radius 2 is 1.73 bits per heavy atom. The number of methoxy groups -OCH3 is 1. The van der Waals surface area contributed by atoms with Crippen LogP contribution in [-0.2, 0) is 10.0 Å². The fourth-order valence-electron chi connectivity index (χ4n) is 3.34. The van der Waals surface area contributed by atoms with E-state index in [0.29, 0.717) is 17.1 Å². The molecule has 6 nitrogen and oxygen atoms in total. The first-order valence-electron chi connectivity index (χ1n) is 8.65. The molecule has 1 aromatic heterocycles. The third kappa shape index (κ3) is 2.72. The maximum Gasteiger partial charge on any atom is 0.283 e. The first-order chi connectivity index (χ1) is 12.5. The Labute approximate surface area is 153 Å².